The standard InChI is InChI=1S/C16H25Cl/c1-5-14(6-2)16(17)15-9-7-13(8-10-15)11-12(3)4/h7-10,12,14,16H,5-6,11H2,1-4H3. The fraction of sp³-hybridized carbons (Fsp3) is 0.625. The van der Waals surface area contributed by atoms with Gasteiger partial charge in [0.05, 0.1) is 5.38 Å². The van der Waals surface area contributed by atoms with E-state index in [1.807, 2.05) is 0 Å². The second-order valence-electron chi connectivity index (χ2n) is 5.32. The Morgan fingerprint density at radius 2 is 1.53 bits per heavy atom. The van der Waals surface area contributed by atoms with Crippen molar-refractivity contribution in [1.82, 2.24) is 0 Å². The summed E-state index contributed by atoms with van der Waals surface area (Å²) in [4.78, 5) is 0. The van der Waals surface area contributed by atoms with E-state index in [1.54, 1.807) is 0 Å². The first-order valence-corrected chi connectivity index (χ1v) is 7.25. The van der Waals surface area contributed by atoms with E-state index in [1.165, 1.54) is 11.1 Å². The lowest BCUT2D eigenvalue weighted by Gasteiger charge is -2.19. The molecule has 0 nitrogen and oxygen atoms in total. The smallest absolute Gasteiger partial charge is 0.0613 e. The summed E-state index contributed by atoms with van der Waals surface area (Å²) in [6.07, 6.45) is 3.45. The molecule has 1 aromatic rings. The van der Waals surface area contributed by atoms with Crippen molar-refractivity contribution in [2.24, 2.45) is 11.8 Å². The zero-order valence-corrected chi connectivity index (χ0v) is 12.3. The number of hydrogen-bond acceptors (Lipinski definition) is 0. The Bertz CT molecular complexity index is 309. The first-order chi connectivity index (χ1) is 8.08. The average molecular weight is 253 g/mol. The number of rotatable bonds is 6. The van der Waals surface area contributed by atoms with Gasteiger partial charge < -0.3 is 0 Å². The molecule has 0 radical (unpaired) electrons. The quantitative estimate of drug-likeness (QED) is 0.578. The summed E-state index contributed by atoms with van der Waals surface area (Å²) in [7, 11) is 0. The Kier molecular flexibility index (Phi) is 6.05. The van der Waals surface area contributed by atoms with E-state index in [4.69, 9.17) is 11.6 Å². The molecule has 1 atom stereocenters. The van der Waals surface area contributed by atoms with Crippen molar-refractivity contribution in [3.63, 3.8) is 0 Å². The number of alkyl halides is 1. The van der Waals surface area contributed by atoms with Crippen LogP contribution in [0.25, 0.3) is 0 Å². The minimum absolute atomic E-state index is 0.165. The molecular weight excluding hydrogens is 228 g/mol. The van der Waals surface area contributed by atoms with E-state index in [9.17, 15) is 0 Å². The van der Waals surface area contributed by atoms with Crippen molar-refractivity contribution in [3.8, 4) is 0 Å². The van der Waals surface area contributed by atoms with Gasteiger partial charge in [-0.2, -0.15) is 0 Å². The van der Waals surface area contributed by atoms with Crippen LogP contribution in [0.5, 0.6) is 0 Å². The van der Waals surface area contributed by atoms with Gasteiger partial charge in [0.15, 0.2) is 0 Å². The summed E-state index contributed by atoms with van der Waals surface area (Å²) >= 11 is 6.53. The van der Waals surface area contributed by atoms with Gasteiger partial charge in [0.1, 0.15) is 0 Å². The highest BCUT2D eigenvalue weighted by Crippen LogP contribution is 2.33. The van der Waals surface area contributed by atoms with Crippen molar-refractivity contribution in [2.75, 3.05) is 0 Å². The zero-order valence-electron chi connectivity index (χ0n) is 11.5. The van der Waals surface area contributed by atoms with Crippen LogP contribution in [0.1, 0.15) is 57.0 Å². The SMILES string of the molecule is CCC(CC)C(Cl)c1ccc(CC(C)C)cc1. The normalized spacial score (nSPS) is 13.4. The molecule has 1 unspecified atom stereocenters. The third kappa shape index (κ3) is 4.35. The Hall–Kier alpha value is -0.490. The molecule has 0 saturated heterocycles. The van der Waals surface area contributed by atoms with Gasteiger partial charge in [-0.3, -0.25) is 0 Å². The maximum Gasteiger partial charge on any atom is 0.0613 e. The lowest BCUT2D eigenvalue weighted by molar-refractivity contribution is 0.476. The summed E-state index contributed by atoms with van der Waals surface area (Å²) in [6, 6.07) is 8.86. The van der Waals surface area contributed by atoms with Crippen LogP contribution in [0.4, 0.5) is 0 Å². The van der Waals surface area contributed by atoms with Crippen LogP contribution < -0.4 is 0 Å². The molecule has 0 N–H and O–H groups in total. The molecule has 0 aliphatic carbocycles. The van der Waals surface area contributed by atoms with Gasteiger partial charge in [-0.05, 0) is 29.4 Å². The van der Waals surface area contributed by atoms with Crippen LogP contribution >= 0.6 is 11.6 Å². The summed E-state index contributed by atoms with van der Waals surface area (Å²) in [5.41, 5.74) is 2.69. The second-order valence-corrected chi connectivity index (χ2v) is 5.79. The van der Waals surface area contributed by atoms with Gasteiger partial charge in [-0.15, -0.1) is 11.6 Å². The number of benzene rings is 1. The molecular formula is C16H25Cl. The maximum atomic E-state index is 6.53. The monoisotopic (exact) mass is 252 g/mol. The Balaban J connectivity index is 2.72. The van der Waals surface area contributed by atoms with E-state index in [-0.39, 0.29) is 5.38 Å². The topological polar surface area (TPSA) is 0 Å². The van der Waals surface area contributed by atoms with Crippen molar-refractivity contribution in [2.45, 2.75) is 52.3 Å². The molecule has 0 amide bonds. The van der Waals surface area contributed by atoms with Gasteiger partial charge in [0, 0.05) is 0 Å². The van der Waals surface area contributed by atoms with Crippen LogP contribution in [-0.4, -0.2) is 0 Å². The predicted octanol–water partition coefficient (Wildman–Crippen LogP) is 5.60. The highest BCUT2D eigenvalue weighted by Gasteiger charge is 2.17. The molecule has 0 spiro atoms. The summed E-state index contributed by atoms with van der Waals surface area (Å²) in [6.45, 7) is 8.94. The Labute approximate surface area is 111 Å². The molecule has 0 aromatic heterocycles. The van der Waals surface area contributed by atoms with Crippen LogP contribution in [0.15, 0.2) is 24.3 Å². The van der Waals surface area contributed by atoms with Gasteiger partial charge in [-0.25, -0.2) is 0 Å². The number of halogens is 1. The van der Waals surface area contributed by atoms with Gasteiger partial charge in [0.25, 0.3) is 0 Å². The van der Waals surface area contributed by atoms with Crippen LogP contribution in [0.2, 0.25) is 0 Å². The molecule has 1 aromatic carbocycles. The summed E-state index contributed by atoms with van der Waals surface area (Å²) in [5, 5.41) is 0.165. The first-order valence-electron chi connectivity index (χ1n) is 6.81. The molecule has 0 aliphatic heterocycles. The summed E-state index contributed by atoms with van der Waals surface area (Å²) in [5.74, 6) is 1.30. The first kappa shape index (κ1) is 14.6. The minimum atomic E-state index is 0.165. The molecule has 0 saturated carbocycles. The third-order valence-corrected chi connectivity index (χ3v) is 4.01. The maximum absolute atomic E-state index is 6.53. The minimum Gasteiger partial charge on any atom is -0.118 e. The molecule has 0 bridgehead atoms. The molecule has 0 aliphatic rings. The molecule has 17 heavy (non-hydrogen) atoms. The Morgan fingerprint density at radius 3 is 1.94 bits per heavy atom. The van der Waals surface area contributed by atoms with Crippen molar-refractivity contribution in [1.29, 1.82) is 0 Å². The lowest BCUT2D eigenvalue weighted by atomic mass is 9.92. The highest BCUT2D eigenvalue weighted by molar-refractivity contribution is 6.21. The summed E-state index contributed by atoms with van der Waals surface area (Å²) < 4.78 is 0. The predicted molar refractivity (Wildman–Crippen MR) is 77.7 cm³/mol. The van der Waals surface area contributed by atoms with E-state index < -0.39 is 0 Å². The van der Waals surface area contributed by atoms with E-state index in [0.717, 1.165) is 19.3 Å². The van der Waals surface area contributed by atoms with E-state index in [2.05, 4.69) is 52.0 Å². The van der Waals surface area contributed by atoms with Crippen LogP contribution in [-0.2, 0) is 6.42 Å². The average Bonchev–Trinajstić information content (AvgIpc) is 2.30. The van der Waals surface area contributed by atoms with Crippen LogP contribution in [0.3, 0.4) is 0 Å². The van der Waals surface area contributed by atoms with Crippen molar-refractivity contribution in [3.05, 3.63) is 35.4 Å². The highest BCUT2D eigenvalue weighted by atomic mass is 35.5. The second kappa shape index (κ2) is 7.06. The molecule has 96 valence electrons. The van der Waals surface area contributed by atoms with E-state index >= 15 is 0 Å². The van der Waals surface area contributed by atoms with E-state index in [0.29, 0.717) is 11.8 Å². The Morgan fingerprint density at radius 1 is 1.00 bits per heavy atom. The third-order valence-electron chi connectivity index (χ3n) is 3.40. The fourth-order valence-corrected chi connectivity index (χ4v) is 2.79. The number of hydrogen-bond donors (Lipinski definition) is 0. The molecule has 0 fully saturated rings. The van der Waals surface area contributed by atoms with Gasteiger partial charge >= 0.3 is 0 Å². The zero-order chi connectivity index (χ0) is 12.8. The van der Waals surface area contributed by atoms with Gasteiger partial charge in [0.2, 0.25) is 0 Å². The fourth-order valence-electron chi connectivity index (χ4n) is 2.28. The van der Waals surface area contributed by atoms with Crippen molar-refractivity contribution < 1.29 is 0 Å². The lowest BCUT2D eigenvalue weighted by Crippen LogP contribution is -2.06. The van der Waals surface area contributed by atoms with Crippen molar-refractivity contribution >= 4 is 11.6 Å². The van der Waals surface area contributed by atoms with Gasteiger partial charge in [-0.1, -0.05) is 64.8 Å². The molecule has 1 rings (SSSR count). The molecule has 1 heteroatoms. The largest absolute Gasteiger partial charge is 0.118 e. The van der Waals surface area contributed by atoms with Crippen LogP contribution in [0, 0.1) is 11.8 Å². The molecule has 0 heterocycles.